The number of aliphatic hydroxyl groups excluding tert-OH is 1. The second-order valence-corrected chi connectivity index (χ2v) is 19.8. The lowest BCUT2D eigenvalue weighted by Gasteiger charge is -2.71. The number of ketones is 1. The van der Waals surface area contributed by atoms with Crippen LogP contribution in [0.5, 0.6) is 5.75 Å². The first-order valence-electron chi connectivity index (χ1n) is 21.6. The molecule has 2 N–H and O–H groups in total. The molecule has 0 saturated heterocycles. The minimum absolute atomic E-state index is 0.0132. The predicted octanol–water partition coefficient (Wildman–Crippen LogP) is 10.5. The van der Waals surface area contributed by atoms with E-state index in [1.165, 1.54) is 24.3 Å². The van der Waals surface area contributed by atoms with Crippen molar-refractivity contribution in [3.63, 3.8) is 0 Å². The summed E-state index contributed by atoms with van der Waals surface area (Å²) in [4.78, 5) is 31.0. The average Bonchev–Trinajstić information content (AvgIpc) is 3.44. The minimum Gasteiger partial charge on any atom is -0.446 e. The third-order valence-electron chi connectivity index (χ3n) is 16.4. The van der Waals surface area contributed by atoms with Gasteiger partial charge in [-0.1, -0.05) is 102 Å². The van der Waals surface area contributed by atoms with Gasteiger partial charge in [0.1, 0.15) is 11.9 Å². The largest absolute Gasteiger partial charge is 0.573 e. The van der Waals surface area contributed by atoms with Gasteiger partial charge < -0.3 is 24.6 Å². The van der Waals surface area contributed by atoms with Gasteiger partial charge in [-0.3, -0.25) is 4.79 Å². The second-order valence-electron chi connectivity index (χ2n) is 19.8. The number of fused-ring (bicyclic) bond motifs is 1. The van der Waals surface area contributed by atoms with Gasteiger partial charge in [-0.05, 0) is 110 Å². The first kappa shape index (κ1) is 41.1. The molecule has 2 bridgehead atoms. The van der Waals surface area contributed by atoms with Crippen LogP contribution in [0.2, 0.25) is 0 Å². The van der Waals surface area contributed by atoms with Gasteiger partial charge in [0.05, 0.1) is 18.2 Å². The molecule has 0 heterocycles. The highest BCUT2D eigenvalue weighted by molar-refractivity contribution is 6.10. The van der Waals surface area contributed by atoms with Crippen LogP contribution < -0.4 is 4.74 Å². The number of alkyl halides is 3. The molecule has 0 radical (unpaired) electrons. The molecule has 314 valence electrons. The Morgan fingerprint density at radius 1 is 0.897 bits per heavy atom. The van der Waals surface area contributed by atoms with Crippen LogP contribution in [0.25, 0.3) is 0 Å². The van der Waals surface area contributed by atoms with Gasteiger partial charge in [-0.2, -0.15) is 0 Å². The van der Waals surface area contributed by atoms with E-state index in [4.69, 9.17) is 4.74 Å². The van der Waals surface area contributed by atoms with E-state index >= 15 is 0 Å². The number of benzene rings is 2. The Hall–Kier alpha value is -3.63. The Kier molecular flexibility index (Phi) is 10.3. The third kappa shape index (κ3) is 6.63. The quantitative estimate of drug-likeness (QED) is 0.194. The van der Waals surface area contributed by atoms with E-state index in [0.29, 0.717) is 55.1 Å². The van der Waals surface area contributed by atoms with Crippen molar-refractivity contribution in [1.82, 2.24) is 4.90 Å². The second kappa shape index (κ2) is 14.5. The molecular weight excluding hydrogens is 744 g/mol. The first-order chi connectivity index (χ1) is 27.3. The summed E-state index contributed by atoms with van der Waals surface area (Å²) in [6.45, 7) is 11.0. The molecule has 7 nitrogen and oxygen atoms in total. The number of aliphatic hydroxyl groups is 2. The molecule has 2 aromatic carbocycles. The van der Waals surface area contributed by atoms with Crippen LogP contribution >= 0.6 is 0 Å². The third-order valence-corrected chi connectivity index (χ3v) is 16.4. The monoisotopic (exact) mass is 803 g/mol. The highest BCUT2D eigenvalue weighted by Crippen LogP contribution is 2.78. The Morgan fingerprint density at radius 2 is 1.57 bits per heavy atom. The summed E-state index contributed by atoms with van der Waals surface area (Å²) in [5, 5.41) is 24.3. The first-order valence-corrected chi connectivity index (χ1v) is 21.6. The zero-order chi connectivity index (χ0) is 41.5. The van der Waals surface area contributed by atoms with Crippen molar-refractivity contribution < 1.29 is 42.4 Å². The zero-order valence-corrected chi connectivity index (χ0v) is 34.6. The summed E-state index contributed by atoms with van der Waals surface area (Å²) < 4.78 is 49.6. The molecule has 7 aliphatic carbocycles. The number of nitrogens with zero attached hydrogens (tertiary/aromatic N) is 1. The lowest BCUT2D eigenvalue weighted by atomic mass is 9.32. The number of hydrogen-bond acceptors (Lipinski definition) is 6. The SMILES string of the molecule is CC(C)[C@H]1CC[C@H](C)C[C@@H]1OC(=O)N(Cc1ccc(OC(F)(F)F)cc1)C[C@]1(O)CC[C@H]2[C@]34C=C[C@@]5(C=C3C(=O)c3ccccc3)CC(O)CC[C@]5(C)[C@H]4CC[C@@]21C. The summed E-state index contributed by atoms with van der Waals surface area (Å²) in [7, 11) is 0. The van der Waals surface area contributed by atoms with Crippen molar-refractivity contribution in [2.75, 3.05) is 6.54 Å². The predicted molar refractivity (Wildman–Crippen MR) is 214 cm³/mol. The molecule has 58 heavy (non-hydrogen) atoms. The van der Waals surface area contributed by atoms with Gasteiger partial charge in [-0.25, -0.2) is 4.79 Å². The van der Waals surface area contributed by atoms with Crippen LogP contribution in [0.15, 0.2) is 78.4 Å². The maximum atomic E-state index is 14.8. The zero-order valence-electron chi connectivity index (χ0n) is 34.6. The molecule has 11 atom stereocenters. The maximum Gasteiger partial charge on any atom is 0.573 e. The Morgan fingerprint density at radius 3 is 2.26 bits per heavy atom. The van der Waals surface area contributed by atoms with Gasteiger partial charge in [-0.15, -0.1) is 13.2 Å². The van der Waals surface area contributed by atoms with Crippen molar-refractivity contribution in [2.45, 2.75) is 130 Å². The standard InChI is InChI=1S/C48H60F3NO6/c1-30(2)36-16-11-31(3)25-38(36)57-42(55)52(28-32-12-14-35(15-13-32)58-48(49,50)51)29-46(56)22-19-40-44(46,5)21-18-39-43(4)20-17-34(53)26-45(43)23-24-47(39,40)37(27-45)41(54)33-9-7-6-8-10-33/h6-10,12-15,23-24,27,30-31,34,36,38-40,53,56H,11,16-22,25-26,28-29H2,1-5H3/t31-,34?,36+,38-,39+,40+,43+,44-,45-,46+,47+/m0/s1. The topological polar surface area (TPSA) is 96.3 Å². The number of allylic oxidation sites excluding steroid dienone is 4. The molecule has 1 amide bonds. The minimum atomic E-state index is -4.83. The lowest BCUT2D eigenvalue weighted by Crippen LogP contribution is -2.67. The number of rotatable bonds is 9. The van der Waals surface area contributed by atoms with E-state index in [1.807, 2.05) is 30.3 Å². The smallest absolute Gasteiger partial charge is 0.446 e. The number of carbonyl (C=O) groups is 2. The molecule has 0 aromatic heterocycles. The van der Waals surface area contributed by atoms with Crippen molar-refractivity contribution in [3.8, 4) is 5.75 Å². The molecule has 2 aromatic rings. The number of halogens is 3. The van der Waals surface area contributed by atoms with E-state index in [-0.39, 0.29) is 53.9 Å². The molecule has 10 heteroatoms. The lowest BCUT2D eigenvalue weighted by molar-refractivity contribution is -0.274. The number of Topliss-reactive ketones (excluding diaryl/α,β-unsaturated/α-hetero) is 1. The maximum absolute atomic E-state index is 14.8. The molecule has 4 fully saturated rings. The Labute approximate surface area is 341 Å². The van der Waals surface area contributed by atoms with Gasteiger partial charge in [0.15, 0.2) is 5.78 Å². The van der Waals surface area contributed by atoms with Crippen LogP contribution in [0.4, 0.5) is 18.0 Å². The fraction of sp³-hybridized carbons (Fsp3) is 0.625. The summed E-state index contributed by atoms with van der Waals surface area (Å²) in [5.74, 6) is 0.518. The highest BCUT2D eigenvalue weighted by atomic mass is 19.4. The van der Waals surface area contributed by atoms with E-state index in [2.05, 4.69) is 57.6 Å². The molecule has 9 rings (SSSR count). The molecule has 1 unspecified atom stereocenters. The van der Waals surface area contributed by atoms with Crippen LogP contribution in [-0.4, -0.2) is 57.7 Å². The number of carbonyl (C=O) groups excluding carboxylic acids is 2. The fourth-order valence-electron chi connectivity index (χ4n) is 13.3. The summed E-state index contributed by atoms with van der Waals surface area (Å²) in [5.41, 5.74) is -1.41. The molecular formula is C48H60F3NO6. The summed E-state index contributed by atoms with van der Waals surface area (Å²) in [6.07, 6.45) is 8.04. The van der Waals surface area contributed by atoms with E-state index in [9.17, 15) is 33.0 Å². The number of ether oxygens (including phenoxy) is 2. The van der Waals surface area contributed by atoms with Crippen LogP contribution in [-0.2, 0) is 11.3 Å². The van der Waals surface area contributed by atoms with Crippen molar-refractivity contribution in [1.29, 1.82) is 0 Å². The van der Waals surface area contributed by atoms with Crippen LogP contribution in [0.3, 0.4) is 0 Å². The fourth-order valence-corrected chi connectivity index (χ4v) is 13.3. The van der Waals surface area contributed by atoms with Gasteiger partial charge in [0.2, 0.25) is 0 Å². The highest BCUT2D eigenvalue weighted by Gasteiger charge is 2.74. The van der Waals surface area contributed by atoms with Crippen LogP contribution in [0, 0.1) is 51.2 Å². The Balaban J connectivity index is 1.15. The van der Waals surface area contributed by atoms with Crippen molar-refractivity contribution >= 4 is 11.9 Å². The van der Waals surface area contributed by atoms with Gasteiger partial charge in [0.25, 0.3) is 0 Å². The average molecular weight is 804 g/mol. The van der Waals surface area contributed by atoms with Crippen molar-refractivity contribution in [3.05, 3.63) is 89.5 Å². The number of amides is 1. The molecule has 4 saturated carbocycles. The summed E-state index contributed by atoms with van der Waals surface area (Å²) in [6, 6.07) is 14.9. The molecule has 2 spiro atoms. The van der Waals surface area contributed by atoms with Gasteiger partial charge >= 0.3 is 12.5 Å². The Bertz CT molecular complexity index is 1950. The van der Waals surface area contributed by atoms with Gasteiger partial charge in [0, 0.05) is 33.9 Å². The normalized spacial score (nSPS) is 39.0. The van der Waals surface area contributed by atoms with E-state index in [1.54, 1.807) is 4.90 Å². The molecule has 0 aliphatic heterocycles. The summed E-state index contributed by atoms with van der Waals surface area (Å²) >= 11 is 0. The van der Waals surface area contributed by atoms with E-state index < -0.39 is 40.4 Å². The van der Waals surface area contributed by atoms with Crippen LogP contribution in [0.1, 0.15) is 115 Å². The number of hydrogen-bond donors (Lipinski definition) is 2. The molecule has 7 aliphatic rings. The van der Waals surface area contributed by atoms with E-state index in [0.717, 1.165) is 37.7 Å². The van der Waals surface area contributed by atoms with Crippen molar-refractivity contribution in [2.24, 2.45) is 51.2 Å².